The zero-order valence-electron chi connectivity index (χ0n) is 10.8. The molecule has 0 fully saturated rings. The highest BCUT2D eigenvalue weighted by Crippen LogP contribution is 2.20. The Balaban J connectivity index is 1.77. The summed E-state index contributed by atoms with van der Waals surface area (Å²) >= 11 is 0. The molecule has 0 saturated carbocycles. The molecule has 3 aromatic rings. The van der Waals surface area contributed by atoms with Crippen LogP contribution in [0.3, 0.4) is 0 Å². The summed E-state index contributed by atoms with van der Waals surface area (Å²) in [5.74, 6) is 0.466. The van der Waals surface area contributed by atoms with Gasteiger partial charge in [0.1, 0.15) is 17.4 Å². The van der Waals surface area contributed by atoms with Crippen molar-refractivity contribution in [3.05, 3.63) is 54.6 Å². The van der Waals surface area contributed by atoms with Gasteiger partial charge >= 0.3 is 6.01 Å². The van der Waals surface area contributed by atoms with Crippen LogP contribution in [0, 0.1) is 5.82 Å². The van der Waals surface area contributed by atoms with E-state index >= 15 is 0 Å². The Hall–Kier alpha value is -3.09. The van der Waals surface area contributed by atoms with E-state index in [-0.39, 0.29) is 11.8 Å². The number of rotatable bonds is 3. The van der Waals surface area contributed by atoms with E-state index in [4.69, 9.17) is 10.5 Å². The predicted octanol–water partition coefficient (Wildman–Crippen LogP) is 2.45. The first-order valence-electron chi connectivity index (χ1n) is 6.06. The summed E-state index contributed by atoms with van der Waals surface area (Å²) in [6, 6.07) is 9.12. The molecule has 3 rings (SSSR count). The van der Waals surface area contributed by atoms with Gasteiger partial charge in [-0.25, -0.2) is 14.4 Å². The van der Waals surface area contributed by atoms with Gasteiger partial charge in [0.2, 0.25) is 0 Å². The first kappa shape index (κ1) is 12.9. The maximum absolute atomic E-state index is 12.8. The Morgan fingerprint density at radius 2 is 1.62 bits per heavy atom. The Morgan fingerprint density at radius 3 is 2.24 bits per heavy atom. The summed E-state index contributed by atoms with van der Waals surface area (Å²) in [5.41, 5.74) is 6.77. The number of nitrogens with two attached hydrogens (primary N) is 1. The van der Waals surface area contributed by atoms with Crippen molar-refractivity contribution in [1.82, 2.24) is 20.2 Å². The van der Waals surface area contributed by atoms with Gasteiger partial charge in [-0.1, -0.05) is 0 Å². The first-order valence-corrected chi connectivity index (χ1v) is 6.06. The molecule has 0 saturated heterocycles. The van der Waals surface area contributed by atoms with Crippen molar-refractivity contribution in [1.29, 1.82) is 0 Å². The van der Waals surface area contributed by atoms with Crippen LogP contribution in [0.5, 0.6) is 11.8 Å². The minimum atomic E-state index is -0.333. The van der Waals surface area contributed by atoms with Crippen molar-refractivity contribution in [2.24, 2.45) is 0 Å². The zero-order valence-corrected chi connectivity index (χ0v) is 10.8. The zero-order chi connectivity index (χ0) is 14.7. The normalized spacial score (nSPS) is 10.3. The Bertz CT molecular complexity index is 729. The molecule has 2 heterocycles. The molecule has 0 aliphatic carbocycles. The third-order valence-corrected chi connectivity index (χ3v) is 2.63. The number of nitrogen functional groups attached to an aromatic ring is 1. The van der Waals surface area contributed by atoms with Crippen LogP contribution in [0.1, 0.15) is 0 Å². The third-order valence-electron chi connectivity index (χ3n) is 2.63. The molecule has 0 unspecified atom stereocenters. The molecule has 7 heteroatoms. The lowest BCUT2D eigenvalue weighted by Crippen LogP contribution is -1.96. The van der Waals surface area contributed by atoms with Gasteiger partial charge in [-0.15, -0.1) is 10.2 Å². The van der Waals surface area contributed by atoms with Gasteiger partial charge in [-0.05, 0) is 36.4 Å². The molecule has 0 bridgehead atoms. The van der Waals surface area contributed by atoms with Gasteiger partial charge in [-0.2, -0.15) is 0 Å². The van der Waals surface area contributed by atoms with Gasteiger partial charge in [-0.3, -0.25) is 0 Å². The van der Waals surface area contributed by atoms with E-state index in [0.717, 1.165) is 0 Å². The van der Waals surface area contributed by atoms with Crippen LogP contribution in [0.25, 0.3) is 11.3 Å². The van der Waals surface area contributed by atoms with Crippen LogP contribution in [-0.2, 0) is 0 Å². The average molecular weight is 283 g/mol. The maximum Gasteiger partial charge on any atom is 0.321 e. The standard InChI is InChI=1S/C14H10FN5O/c15-10-1-3-11(4-2-10)21-14-17-7-9(8-18-14)12-5-6-13(16)20-19-12/h1-8H,(H2,16,20). The molecule has 0 radical (unpaired) electrons. The number of hydrogen-bond acceptors (Lipinski definition) is 6. The number of benzene rings is 1. The molecule has 0 atom stereocenters. The topological polar surface area (TPSA) is 86.8 Å². The van der Waals surface area contributed by atoms with E-state index in [2.05, 4.69) is 20.2 Å². The van der Waals surface area contributed by atoms with Gasteiger partial charge in [0.05, 0.1) is 5.69 Å². The fraction of sp³-hybridized carbons (Fsp3) is 0. The van der Waals surface area contributed by atoms with Crippen LogP contribution >= 0.6 is 0 Å². The summed E-state index contributed by atoms with van der Waals surface area (Å²) in [7, 11) is 0. The molecule has 2 aromatic heterocycles. The van der Waals surface area contributed by atoms with E-state index < -0.39 is 0 Å². The largest absolute Gasteiger partial charge is 0.424 e. The molecule has 0 aliphatic rings. The minimum absolute atomic E-state index is 0.161. The third kappa shape index (κ3) is 3.08. The molecule has 2 N–H and O–H groups in total. The number of ether oxygens (including phenoxy) is 1. The van der Waals surface area contributed by atoms with Crippen molar-refractivity contribution in [3.63, 3.8) is 0 Å². The van der Waals surface area contributed by atoms with Crippen molar-refractivity contribution >= 4 is 5.82 Å². The van der Waals surface area contributed by atoms with Crippen LogP contribution in [0.4, 0.5) is 10.2 Å². The fourth-order valence-electron chi connectivity index (χ4n) is 1.61. The summed E-state index contributed by atoms with van der Waals surface area (Å²) in [5, 5.41) is 7.69. The Kier molecular flexibility index (Phi) is 3.38. The van der Waals surface area contributed by atoms with Gasteiger partial charge in [0.15, 0.2) is 0 Å². The molecular weight excluding hydrogens is 273 g/mol. The monoisotopic (exact) mass is 283 g/mol. The number of hydrogen-bond donors (Lipinski definition) is 1. The molecule has 0 amide bonds. The van der Waals surface area contributed by atoms with Crippen LogP contribution in [-0.4, -0.2) is 20.2 Å². The van der Waals surface area contributed by atoms with E-state index in [0.29, 0.717) is 22.8 Å². The van der Waals surface area contributed by atoms with E-state index in [1.54, 1.807) is 24.5 Å². The lowest BCUT2D eigenvalue weighted by molar-refractivity contribution is 0.440. The van der Waals surface area contributed by atoms with Crippen molar-refractivity contribution in [2.45, 2.75) is 0 Å². The highest BCUT2D eigenvalue weighted by atomic mass is 19.1. The quantitative estimate of drug-likeness (QED) is 0.794. The molecule has 21 heavy (non-hydrogen) atoms. The number of nitrogens with zero attached hydrogens (tertiary/aromatic N) is 4. The SMILES string of the molecule is Nc1ccc(-c2cnc(Oc3ccc(F)cc3)nc2)nn1. The number of anilines is 1. The molecule has 6 nitrogen and oxygen atoms in total. The van der Waals surface area contributed by atoms with Crippen molar-refractivity contribution in [3.8, 4) is 23.0 Å². The predicted molar refractivity (Wildman–Crippen MR) is 73.9 cm³/mol. The first-order chi connectivity index (χ1) is 10.2. The minimum Gasteiger partial charge on any atom is -0.424 e. The molecule has 0 spiro atoms. The van der Waals surface area contributed by atoms with Gasteiger partial charge in [0.25, 0.3) is 0 Å². The summed E-state index contributed by atoms with van der Waals surface area (Å²) in [4.78, 5) is 8.14. The van der Waals surface area contributed by atoms with Crippen LogP contribution in [0.2, 0.25) is 0 Å². The Labute approximate surface area is 119 Å². The smallest absolute Gasteiger partial charge is 0.321 e. The summed E-state index contributed by atoms with van der Waals surface area (Å²) in [6.07, 6.45) is 3.12. The molecular formula is C14H10FN5O. The molecule has 1 aromatic carbocycles. The van der Waals surface area contributed by atoms with Crippen LogP contribution in [0.15, 0.2) is 48.8 Å². The number of halogens is 1. The van der Waals surface area contributed by atoms with E-state index in [1.807, 2.05) is 0 Å². The van der Waals surface area contributed by atoms with Crippen molar-refractivity contribution < 1.29 is 9.13 Å². The molecule has 0 aliphatic heterocycles. The van der Waals surface area contributed by atoms with E-state index in [1.165, 1.54) is 24.3 Å². The summed E-state index contributed by atoms with van der Waals surface area (Å²) in [6.45, 7) is 0. The molecule has 104 valence electrons. The van der Waals surface area contributed by atoms with Gasteiger partial charge < -0.3 is 10.5 Å². The lowest BCUT2D eigenvalue weighted by Gasteiger charge is -2.04. The second-order valence-corrected chi connectivity index (χ2v) is 4.15. The van der Waals surface area contributed by atoms with Crippen LogP contribution < -0.4 is 10.5 Å². The second kappa shape index (κ2) is 5.49. The van der Waals surface area contributed by atoms with E-state index in [9.17, 15) is 4.39 Å². The van der Waals surface area contributed by atoms with Gasteiger partial charge in [0, 0.05) is 18.0 Å². The highest BCUT2D eigenvalue weighted by molar-refractivity contribution is 5.56. The maximum atomic E-state index is 12.8. The number of aromatic nitrogens is 4. The lowest BCUT2D eigenvalue weighted by atomic mass is 10.2. The highest BCUT2D eigenvalue weighted by Gasteiger charge is 2.04. The average Bonchev–Trinajstić information content (AvgIpc) is 2.51. The fourth-order valence-corrected chi connectivity index (χ4v) is 1.61. The second-order valence-electron chi connectivity index (χ2n) is 4.15. The Morgan fingerprint density at radius 1 is 0.905 bits per heavy atom. The van der Waals surface area contributed by atoms with Crippen molar-refractivity contribution in [2.75, 3.05) is 5.73 Å². The summed E-state index contributed by atoms with van der Waals surface area (Å²) < 4.78 is 18.2.